The summed E-state index contributed by atoms with van der Waals surface area (Å²) >= 11 is -0.0474. The molecule has 0 aliphatic heterocycles. The summed E-state index contributed by atoms with van der Waals surface area (Å²) in [6.45, 7) is 5.49. The van der Waals surface area contributed by atoms with Crippen molar-refractivity contribution in [3.8, 4) is 0 Å². The van der Waals surface area contributed by atoms with Crippen LogP contribution >= 0.6 is 0 Å². The molecule has 1 amide bonds. The van der Waals surface area contributed by atoms with Crippen LogP contribution in [0.25, 0.3) is 0 Å². The summed E-state index contributed by atoms with van der Waals surface area (Å²) in [6, 6.07) is 16.7. The minimum absolute atomic E-state index is 0.0474. The van der Waals surface area contributed by atoms with E-state index in [2.05, 4.69) is 5.32 Å². The Balaban J connectivity index is 2.01. The predicted molar refractivity (Wildman–Crippen MR) is 111 cm³/mol. The van der Waals surface area contributed by atoms with E-state index in [1.807, 2.05) is 63.2 Å². The van der Waals surface area contributed by atoms with Crippen LogP contribution in [0.5, 0.6) is 0 Å². The van der Waals surface area contributed by atoms with E-state index in [-0.39, 0.29) is 31.6 Å². The first kappa shape index (κ1) is 21.9. The Morgan fingerprint density at radius 3 is 2.43 bits per heavy atom. The van der Waals surface area contributed by atoms with Gasteiger partial charge < -0.3 is 0 Å². The van der Waals surface area contributed by atoms with Crippen molar-refractivity contribution in [1.82, 2.24) is 5.32 Å². The molecule has 2 aromatic carbocycles. The van der Waals surface area contributed by atoms with Crippen molar-refractivity contribution in [2.75, 3.05) is 0 Å². The monoisotopic (exact) mass is 450 g/mol. The van der Waals surface area contributed by atoms with Gasteiger partial charge in [0.05, 0.1) is 0 Å². The number of rotatable bonds is 8. The van der Waals surface area contributed by atoms with E-state index >= 15 is 0 Å². The first-order valence-electron chi connectivity index (χ1n) is 9.14. The number of nitro benzene ring substituents is 1. The number of hydrogen-bond donors (Lipinski definition) is 1. The number of nitrogens with one attached hydrogen (secondary N) is 1. The number of amides is 1. The predicted octanol–water partition coefficient (Wildman–Crippen LogP) is 3.87. The third kappa shape index (κ3) is 7.70. The Morgan fingerprint density at radius 2 is 1.79 bits per heavy atom. The number of carbonyl (C=O) groups is 1. The van der Waals surface area contributed by atoms with Gasteiger partial charge in [-0.1, -0.05) is 0 Å². The van der Waals surface area contributed by atoms with Crippen LogP contribution in [0.2, 0.25) is 5.32 Å². The maximum atomic E-state index is 12.2. The standard InChI is InChI=1S/C21H26N2O4Se/c1-21(2,3)27-20(24)22-17(15-16-9-5-4-6-10-16)13-14-28-19-12-8-7-11-18(19)23(25)26/h4-12,17H,13-15H2,1-3H3,(H,22,24)/t17-/m1/s1. The van der Waals surface area contributed by atoms with Crippen molar-refractivity contribution in [2.24, 2.45) is 0 Å². The second-order valence-corrected chi connectivity index (χ2v) is 9.78. The second kappa shape index (κ2) is 10.2. The van der Waals surface area contributed by atoms with E-state index in [0.29, 0.717) is 6.42 Å². The zero-order valence-corrected chi connectivity index (χ0v) is 18.1. The molecule has 0 heterocycles. The quantitative estimate of drug-likeness (QED) is 0.377. The van der Waals surface area contributed by atoms with Crippen LogP contribution in [0.15, 0.2) is 54.6 Å². The summed E-state index contributed by atoms with van der Waals surface area (Å²) in [7, 11) is 0. The number of benzene rings is 2. The van der Waals surface area contributed by atoms with Crippen LogP contribution in [0.4, 0.5) is 10.5 Å². The fourth-order valence-electron chi connectivity index (χ4n) is 2.64. The molecule has 1 atom stereocenters. The number of para-hydroxylation sites is 1. The Hall–Kier alpha value is -2.37. The minimum atomic E-state index is -0.560. The van der Waals surface area contributed by atoms with Crippen molar-refractivity contribution in [1.29, 1.82) is 0 Å². The van der Waals surface area contributed by atoms with Crippen molar-refractivity contribution in [2.45, 2.75) is 50.6 Å². The van der Waals surface area contributed by atoms with Crippen LogP contribution in [-0.4, -0.2) is 37.6 Å². The average molecular weight is 449 g/mol. The summed E-state index contributed by atoms with van der Waals surface area (Å²) in [6.07, 6.45) is 0.972. The SMILES string of the molecule is CC(C)(C)OC(=O)N[C@H](CC[Se]c1ccccc1[N+](=O)[O-])Cc1ccccc1. The summed E-state index contributed by atoms with van der Waals surface area (Å²) in [5.41, 5.74) is 0.736. The molecule has 0 saturated carbocycles. The third-order valence-corrected chi connectivity index (χ3v) is 6.13. The van der Waals surface area contributed by atoms with Gasteiger partial charge in [-0.05, 0) is 0 Å². The first-order valence-corrected chi connectivity index (χ1v) is 11.2. The Bertz CT molecular complexity index is 790. The molecule has 6 nitrogen and oxygen atoms in total. The number of nitrogens with zero attached hydrogens (tertiary/aromatic N) is 1. The van der Waals surface area contributed by atoms with E-state index < -0.39 is 11.7 Å². The van der Waals surface area contributed by atoms with Crippen LogP contribution in [0.3, 0.4) is 0 Å². The fourth-order valence-corrected chi connectivity index (χ4v) is 4.92. The molecule has 0 radical (unpaired) electrons. The molecule has 28 heavy (non-hydrogen) atoms. The van der Waals surface area contributed by atoms with Gasteiger partial charge in [0, 0.05) is 0 Å². The zero-order valence-electron chi connectivity index (χ0n) is 16.4. The van der Waals surface area contributed by atoms with Gasteiger partial charge in [-0.15, -0.1) is 0 Å². The summed E-state index contributed by atoms with van der Waals surface area (Å²) < 4.78 is 6.16. The first-order chi connectivity index (χ1) is 13.2. The van der Waals surface area contributed by atoms with Gasteiger partial charge in [0.2, 0.25) is 0 Å². The molecule has 150 valence electrons. The van der Waals surface area contributed by atoms with Crippen LogP contribution in [0, 0.1) is 10.1 Å². The molecule has 0 aromatic heterocycles. The summed E-state index contributed by atoms with van der Waals surface area (Å²) in [5, 5.41) is 14.9. The van der Waals surface area contributed by atoms with Gasteiger partial charge >= 0.3 is 172 Å². The molecule has 2 rings (SSSR count). The molecular weight excluding hydrogens is 423 g/mol. The van der Waals surface area contributed by atoms with Gasteiger partial charge in [0.15, 0.2) is 0 Å². The molecule has 0 saturated heterocycles. The average Bonchev–Trinajstić information content (AvgIpc) is 2.61. The van der Waals surface area contributed by atoms with Crippen LogP contribution in [0.1, 0.15) is 32.8 Å². The van der Waals surface area contributed by atoms with Gasteiger partial charge in [-0.25, -0.2) is 0 Å². The molecule has 2 aromatic rings. The zero-order chi connectivity index (χ0) is 20.6. The normalized spacial score (nSPS) is 12.2. The molecule has 0 aliphatic rings. The van der Waals surface area contributed by atoms with E-state index in [4.69, 9.17) is 4.74 Å². The molecule has 0 fully saturated rings. The number of ether oxygens (including phenoxy) is 1. The number of nitro groups is 1. The molecule has 1 N–H and O–H groups in total. The van der Waals surface area contributed by atoms with Crippen LogP contribution in [-0.2, 0) is 11.2 Å². The summed E-state index contributed by atoms with van der Waals surface area (Å²) in [5.74, 6) is 0. The van der Waals surface area contributed by atoms with E-state index in [0.717, 1.165) is 21.8 Å². The fraction of sp³-hybridized carbons (Fsp3) is 0.381. The molecule has 7 heteroatoms. The van der Waals surface area contributed by atoms with Crippen LogP contribution < -0.4 is 9.78 Å². The third-order valence-electron chi connectivity index (χ3n) is 3.83. The Morgan fingerprint density at radius 1 is 1.14 bits per heavy atom. The molecule has 0 bridgehead atoms. The van der Waals surface area contributed by atoms with E-state index in [9.17, 15) is 14.9 Å². The molecule has 0 aliphatic carbocycles. The Labute approximate surface area is 172 Å². The molecular formula is C21H26N2O4Se. The maximum absolute atomic E-state index is 12.2. The number of hydrogen-bond acceptors (Lipinski definition) is 4. The molecule has 0 spiro atoms. The van der Waals surface area contributed by atoms with Crippen molar-refractivity contribution in [3.05, 3.63) is 70.3 Å². The second-order valence-electron chi connectivity index (χ2n) is 7.39. The Kier molecular flexibility index (Phi) is 8.03. The van der Waals surface area contributed by atoms with Crippen molar-refractivity contribution in [3.63, 3.8) is 0 Å². The van der Waals surface area contributed by atoms with Gasteiger partial charge in [0.25, 0.3) is 0 Å². The van der Waals surface area contributed by atoms with Gasteiger partial charge in [-0.2, -0.15) is 0 Å². The molecule has 0 unspecified atom stereocenters. The number of carbonyl (C=O) groups excluding carboxylic acids is 1. The van der Waals surface area contributed by atoms with E-state index in [1.165, 1.54) is 6.07 Å². The number of alkyl carbamates (subject to hydrolysis) is 1. The van der Waals surface area contributed by atoms with Gasteiger partial charge in [0.1, 0.15) is 0 Å². The van der Waals surface area contributed by atoms with Gasteiger partial charge in [-0.3, -0.25) is 0 Å². The van der Waals surface area contributed by atoms with Crippen molar-refractivity contribution >= 4 is 31.2 Å². The van der Waals surface area contributed by atoms with Crippen molar-refractivity contribution < 1.29 is 14.5 Å². The topological polar surface area (TPSA) is 81.5 Å². The van der Waals surface area contributed by atoms with E-state index in [1.54, 1.807) is 6.07 Å². The summed E-state index contributed by atoms with van der Waals surface area (Å²) in [4.78, 5) is 23.1.